The van der Waals surface area contributed by atoms with Crippen LogP contribution in [-0.2, 0) is 27.4 Å². The van der Waals surface area contributed by atoms with E-state index >= 15 is 0 Å². The standard InChI is InChI=1S/C32H38N2O4/c1-5-16-34(4)20-30-22(2)31(26-14-12-24(21-35)13-15-26)38-32(37-30)29-11-7-10-28(18-29)27-9-6-8-25(17-27)19-33-23(3)36/h5-15,17-18,22,30-32,35H,1,16,19-21H2,2-4H3,(H,33,36)/t22-,30+,31+,32+/m1/s1. The minimum absolute atomic E-state index is 0.0148. The number of benzene rings is 3. The van der Waals surface area contributed by atoms with Gasteiger partial charge in [0, 0.05) is 38.0 Å². The minimum atomic E-state index is -0.529. The Hall–Kier alpha value is -3.29. The quantitative estimate of drug-likeness (QED) is 0.355. The fourth-order valence-electron chi connectivity index (χ4n) is 4.88. The first kappa shape index (κ1) is 27.7. The molecule has 0 aliphatic carbocycles. The van der Waals surface area contributed by atoms with Crippen LogP contribution in [0.15, 0.2) is 85.5 Å². The molecule has 3 aromatic carbocycles. The highest BCUT2D eigenvalue weighted by Gasteiger charge is 2.38. The third-order valence-electron chi connectivity index (χ3n) is 7.02. The molecule has 4 atom stereocenters. The molecule has 3 aromatic rings. The second kappa shape index (κ2) is 13.0. The van der Waals surface area contributed by atoms with Gasteiger partial charge in [-0.2, -0.15) is 0 Å². The Kier molecular flexibility index (Phi) is 9.48. The summed E-state index contributed by atoms with van der Waals surface area (Å²) in [7, 11) is 2.07. The van der Waals surface area contributed by atoms with Gasteiger partial charge in [-0.15, -0.1) is 6.58 Å². The van der Waals surface area contributed by atoms with Gasteiger partial charge in [0.25, 0.3) is 0 Å². The maximum atomic E-state index is 11.3. The van der Waals surface area contributed by atoms with Crippen molar-refractivity contribution in [3.63, 3.8) is 0 Å². The second-order valence-corrected chi connectivity index (χ2v) is 10.1. The van der Waals surface area contributed by atoms with Crippen LogP contribution in [0.25, 0.3) is 11.1 Å². The first-order valence-corrected chi connectivity index (χ1v) is 13.1. The van der Waals surface area contributed by atoms with Crippen molar-refractivity contribution in [2.24, 2.45) is 5.92 Å². The lowest BCUT2D eigenvalue weighted by molar-refractivity contribution is -0.275. The molecule has 6 nitrogen and oxygen atoms in total. The van der Waals surface area contributed by atoms with E-state index in [1.54, 1.807) is 0 Å². The van der Waals surface area contributed by atoms with Crippen molar-refractivity contribution in [3.05, 3.63) is 108 Å². The van der Waals surface area contributed by atoms with Gasteiger partial charge in [0.05, 0.1) is 18.8 Å². The highest BCUT2D eigenvalue weighted by atomic mass is 16.7. The maximum absolute atomic E-state index is 11.3. The summed E-state index contributed by atoms with van der Waals surface area (Å²) in [5.41, 5.74) is 6.06. The molecule has 2 N–H and O–H groups in total. The van der Waals surface area contributed by atoms with E-state index < -0.39 is 6.29 Å². The van der Waals surface area contributed by atoms with Gasteiger partial charge >= 0.3 is 0 Å². The molecule has 1 fully saturated rings. The number of aliphatic hydroxyl groups excluding tert-OH is 1. The molecular formula is C32H38N2O4. The van der Waals surface area contributed by atoms with Crippen LogP contribution in [0.3, 0.4) is 0 Å². The van der Waals surface area contributed by atoms with Gasteiger partial charge in [-0.3, -0.25) is 4.79 Å². The van der Waals surface area contributed by atoms with Crippen molar-refractivity contribution in [3.8, 4) is 11.1 Å². The number of aliphatic hydroxyl groups is 1. The Bertz CT molecular complexity index is 1230. The van der Waals surface area contributed by atoms with Gasteiger partial charge in [0.15, 0.2) is 6.29 Å². The molecule has 1 heterocycles. The van der Waals surface area contributed by atoms with E-state index in [0.717, 1.165) is 46.5 Å². The Morgan fingerprint density at radius 3 is 2.39 bits per heavy atom. The van der Waals surface area contributed by atoms with Gasteiger partial charge in [0.1, 0.15) is 0 Å². The molecule has 1 aliphatic heterocycles. The second-order valence-electron chi connectivity index (χ2n) is 10.1. The summed E-state index contributed by atoms with van der Waals surface area (Å²) in [6.07, 6.45) is 1.16. The molecule has 1 amide bonds. The molecule has 4 rings (SSSR count). The molecule has 0 spiro atoms. The molecular weight excluding hydrogens is 476 g/mol. The summed E-state index contributed by atoms with van der Waals surface area (Å²) in [4.78, 5) is 13.6. The predicted octanol–water partition coefficient (Wildman–Crippen LogP) is 5.39. The number of carbonyl (C=O) groups is 1. The number of hydrogen-bond acceptors (Lipinski definition) is 5. The molecule has 38 heavy (non-hydrogen) atoms. The number of likely N-dealkylation sites (N-methyl/N-ethyl adjacent to an activating group) is 1. The number of nitrogens with zero attached hydrogens (tertiary/aromatic N) is 1. The van der Waals surface area contributed by atoms with E-state index in [1.807, 2.05) is 54.6 Å². The summed E-state index contributed by atoms with van der Waals surface area (Å²) in [6, 6.07) is 24.4. The zero-order chi connectivity index (χ0) is 27.1. The van der Waals surface area contributed by atoms with Crippen molar-refractivity contribution < 1.29 is 19.4 Å². The molecule has 0 saturated carbocycles. The minimum Gasteiger partial charge on any atom is -0.392 e. The summed E-state index contributed by atoms with van der Waals surface area (Å²) in [6.45, 7) is 9.60. The van der Waals surface area contributed by atoms with Gasteiger partial charge in [0.2, 0.25) is 5.91 Å². The lowest BCUT2D eigenvalue weighted by Gasteiger charge is -2.42. The van der Waals surface area contributed by atoms with E-state index in [4.69, 9.17) is 9.47 Å². The first-order chi connectivity index (χ1) is 18.4. The summed E-state index contributed by atoms with van der Waals surface area (Å²) >= 11 is 0. The first-order valence-electron chi connectivity index (χ1n) is 13.1. The van der Waals surface area contributed by atoms with E-state index in [-0.39, 0.29) is 30.6 Å². The fourth-order valence-corrected chi connectivity index (χ4v) is 4.88. The Balaban J connectivity index is 1.62. The fraction of sp³-hybridized carbons (Fsp3) is 0.344. The number of rotatable bonds is 10. The van der Waals surface area contributed by atoms with Crippen molar-refractivity contribution in [1.82, 2.24) is 10.2 Å². The van der Waals surface area contributed by atoms with E-state index in [1.165, 1.54) is 6.92 Å². The third-order valence-corrected chi connectivity index (χ3v) is 7.02. The van der Waals surface area contributed by atoms with Crippen LogP contribution < -0.4 is 5.32 Å². The van der Waals surface area contributed by atoms with Gasteiger partial charge in [-0.05, 0) is 47.0 Å². The van der Waals surface area contributed by atoms with Crippen LogP contribution in [-0.4, -0.2) is 42.2 Å². The molecule has 200 valence electrons. The molecule has 1 aliphatic rings. The number of amides is 1. The molecule has 1 saturated heterocycles. The van der Waals surface area contributed by atoms with Gasteiger partial charge in [-0.1, -0.05) is 73.7 Å². The molecule has 0 aromatic heterocycles. The van der Waals surface area contributed by atoms with E-state index in [2.05, 4.69) is 55.0 Å². The summed E-state index contributed by atoms with van der Waals surface area (Å²) < 4.78 is 13.2. The lowest BCUT2D eigenvalue weighted by Crippen LogP contribution is -2.43. The van der Waals surface area contributed by atoms with Crippen LogP contribution in [0, 0.1) is 5.92 Å². The van der Waals surface area contributed by atoms with Crippen LogP contribution >= 0.6 is 0 Å². The maximum Gasteiger partial charge on any atom is 0.217 e. The van der Waals surface area contributed by atoms with Crippen LogP contribution in [0.4, 0.5) is 0 Å². The Morgan fingerprint density at radius 2 is 1.71 bits per heavy atom. The smallest absolute Gasteiger partial charge is 0.217 e. The lowest BCUT2D eigenvalue weighted by atomic mass is 9.90. The van der Waals surface area contributed by atoms with Gasteiger partial charge < -0.3 is 24.8 Å². The van der Waals surface area contributed by atoms with Crippen molar-refractivity contribution >= 4 is 5.91 Å². The average Bonchev–Trinajstić information content (AvgIpc) is 2.93. The number of hydrogen-bond donors (Lipinski definition) is 2. The average molecular weight is 515 g/mol. The predicted molar refractivity (Wildman–Crippen MR) is 150 cm³/mol. The number of nitrogens with one attached hydrogen (secondary N) is 1. The van der Waals surface area contributed by atoms with E-state index in [0.29, 0.717) is 6.54 Å². The molecule has 0 radical (unpaired) electrons. The summed E-state index contributed by atoms with van der Waals surface area (Å²) in [5, 5.41) is 12.3. The number of ether oxygens (including phenoxy) is 2. The van der Waals surface area contributed by atoms with Crippen molar-refractivity contribution in [2.45, 2.75) is 45.5 Å². The topological polar surface area (TPSA) is 71.0 Å². The normalized spacial score (nSPS) is 21.3. The third kappa shape index (κ3) is 6.97. The Labute approximate surface area is 225 Å². The highest BCUT2D eigenvalue weighted by Crippen LogP contribution is 2.42. The molecule has 6 heteroatoms. The zero-order valence-electron chi connectivity index (χ0n) is 22.5. The zero-order valence-corrected chi connectivity index (χ0v) is 22.5. The summed E-state index contributed by atoms with van der Waals surface area (Å²) in [5.74, 6) is 0.0687. The van der Waals surface area contributed by atoms with Crippen molar-refractivity contribution in [1.29, 1.82) is 0 Å². The molecule has 0 bridgehead atoms. The Morgan fingerprint density at radius 1 is 1.00 bits per heavy atom. The largest absolute Gasteiger partial charge is 0.392 e. The van der Waals surface area contributed by atoms with Gasteiger partial charge in [-0.25, -0.2) is 0 Å². The van der Waals surface area contributed by atoms with E-state index in [9.17, 15) is 9.90 Å². The van der Waals surface area contributed by atoms with Crippen molar-refractivity contribution in [2.75, 3.05) is 20.1 Å². The SMILES string of the molecule is C=CCN(C)C[C@@H]1O[C@H](c2cccc(-c3cccc(CNC(C)=O)c3)c2)O[C@H](c2ccc(CO)cc2)[C@@H]1C. The molecule has 0 unspecified atom stereocenters. The number of carbonyl (C=O) groups excluding carboxylic acids is 1. The van der Waals surface area contributed by atoms with Crippen LogP contribution in [0.5, 0.6) is 0 Å². The van der Waals surface area contributed by atoms with Crippen LogP contribution in [0.2, 0.25) is 0 Å². The van der Waals surface area contributed by atoms with Crippen LogP contribution in [0.1, 0.15) is 48.5 Å². The highest BCUT2D eigenvalue weighted by molar-refractivity contribution is 5.73. The monoisotopic (exact) mass is 514 g/mol.